The minimum Gasteiger partial charge on any atom is -0.392 e. The fourth-order valence-electron chi connectivity index (χ4n) is 2.85. The number of hydrogen-bond donors (Lipinski definition) is 2. The molecule has 106 valence electrons. The van der Waals surface area contributed by atoms with Gasteiger partial charge < -0.3 is 10.8 Å². The van der Waals surface area contributed by atoms with Crippen molar-refractivity contribution in [3.63, 3.8) is 0 Å². The molecule has 0 spiro atoms. The molecule has 19 heavy (non-hydrogen) atoms. The number of benzene rings is 1. The Morgan fingerprint density at radius 1 is 1.42 bits per heavy atom. The summed E-state index contributed by atoms with van der Waals surface area (Å²) in [7, 11) is 0. The molecule has 1 aliphatic heterocycles. The third-order valence-electron chi connectivity index (χ3n) is 4.07. The lowest BCUT2D eigenvalue weighted by Gasteiger charge is -2.41. The summed E-state index contributed by atoms with van der Waals surface area (Å²) in [5.74, 6) is 0.0727. The second-order valence-electron chi connectivity index (χ2n) is 5.65. The molecule has 4 unspecified atom stereocenters. The number of likely N-dealkylation sites (tertiary alicyclic amines) is 1. The van der Waals surface area contributed by atoms with E-state index >= 15 is 0 Å². The number of piperidine rings is 1. The van der Waals surface area contributed by atoms with Crippen LogP contribution in [0, 0.1) is 11.7 Å². The third kappa shape index (κ3) is 3.14. The van der Waals surface area contributed by atoms with Gasteiger partial charge in [-0.3, -0.25) is 4.90 Å². The Labute approximate surface area is 114 Å². The number of β-amino-alcohol motifs (C(OH)–C–C–N with tert-alkyl or cyclic N) is 1. The monoisotopic (exact) mass is 266 g/mol. The maximum Gasteiger partial charge on any atom is 0.128 e. The van der Waals surface area contributed by atoms with Crippen LogP contribution >= 0.6 is 0 Å². The largest absolute Gasteiger partial charge is 0.392 e. The van der Waals surface area contributed by atoms with Crippen molar-refractivity contribution in [1.29, 1.82) is 0 Å². The molecule has 3 N–H and O–H groups in total. The number of rotatable bonds is 3. The van der Waals surface area contributed by atoms with Gasteiger partial charge in [0.15, 0.2) is 0 Å². The van der Waals surface area contributed by atoms with Gasteiger partial charge in [0.25, 0.3) is 0 Å². The molecule has 2 rings (SSSR count). The van der Waals surface area contributed by atoms with Crippen LogP contribution in [-0.4, -0.2) is 35.2 Å². The summed E-state index contributed by atoms with van der Waals surface area (Å²) >= 11 is 0. The van der Waals surface area contributed by atoms with Gasteiger partial charge in [-0.25, -0.2) is 4.39 Å². The number of hydrogen-bond acceptors (Lipinski definition) is 3. The lowest BCUT2D eigenvalue weighted by atomic mass is 9.91. The van der Waals surface area contributed by atoms with Crippen LogP contribution in [0.3, 0.4) is 0 Å². The van der Waals surface area contributed by atoms with Crippen molar-refractivity contribution in [1.82, 2.24) is 4.90 Å². The highest BCUT2D eigenvalue weighted by Crippen LogP contribution is 2.30. The fraction of sp³-hybridized carbons (Fsp3) is 0.600. The van der Waals surface area contributed by atoms with E-state index in [9.17, 15) is 9.50 Å². The van der Waals surface area contributed by atoms with E-state index in [1.165, 1.54) is 6.07 Å². The maximum absolute atomic E-state index is 14.0. The highest BCUT2D eigenvalue weighted by molar-refractivity contribution is 5.23. The molecular weight excluding hydrogens is 243 g/mol. The van der Waals surface area contributed by atoms with E-state index < -0.39 is 0 Å². The van der Waals surface area contributed by atoms with Crippen LogP contribution in [0.1, 0.15) is 31.9 Å². The molecule has 1 aromatic carbocycles. The second-order valence-corrected chi connectivity index (χ2v) is 5.65. The Morgan fingerprint density at radius 2 is 2.11 bits per heavy atom. The fourth-order valence-corrected chi connectivity index (χ4v) is 2.85. The summed E-state index contributed by atoms with van der Waals surface area (Å²) in [5, 5.41) is 10.0. The lowest BCUT2D eigenvalue weighted by Crippen LogP contribution is -2.49. The summed E-state index contributed by atoms with van der Waals surface area (Å²) < 4.78 is 14.0. The quantitative estimate of drug-likeness (QED) is 0.878. The minimum absolute atomic E-state index is 0.177. The summed E-state index contributed by atoms with van der Waals surface area (Å²) in [6, 6.07) is 6.41. The van der Waals surface area contributed by atoms with Crippen LogP contribution in [0.25, 0.3) is 0 Å². The molecule has 0 aliphatic carbocycles. The maximum atomic E-state index is 14.0. The molecule has 0 bridgehead atoms. The summed E-state index contributed by atoms with van der Waals surface area (Å²) in [6.07, 6.45) is 0.556. The molecule has 4 heteroatoms. The number of halogens is 1. The lowest BCUT2D eigenvalue weighted by molar-refractivity contribution is 0.00469. The zero-order valence-electron chi connectivity index (χ0n) is 11.6. The van der Waals surface area contributed by atoms with E-state index in [1.54, 1.807) is 12.1 Å². The molecule has 0 amide bonds. The average molecular weight is 266 g/mol. The highest BCUT2D eigenvalue weighted by Gasteiger charge is 2.32. The van der Waals surface area contributed by atoms with E-state index in [0.29, 0.717) is 18.0 Å². The molecule has 1 saturated heterocycles. The van der Waals surface area contributed by atoms with Crippen molar-refractivity contribution in [2.45, 2.75) is 38.5 Å². The van der Waals surface area contributed by atoms with Crippen molar-refractivity contribution < 1.29 is 9.50 Å². The average Bonchev–Trinajstić information content (AvgIpc) is 2.36. The van der Waals surface area contributed by atoms with Gasteiger partial charge in [-0.2, -0.15) is 0 Å². The SMILES string of the molecule is CC(N)C(c1ccccc1F)N1CCC(C)C(O)C1. The van der Waals surface area contributed by atoms with Crippen LogP contribution < -0.4 is 5.73 Å². The Balaban J connectivity index is 2.24. The first kappa shape index (κ1) is 14.4. The molecule has 4 atom stereocenters. The van der Waals surface area contributed by atoms with Gasteiger partial charge in [-0.15, -0.1) is 0 Å². The molecule has 0 radical (unpaired) electrons. The van der Waals surface area contributed by atoms with Gasteiger partial charge in [0, 0.05) is 18.2 Å². The van der Waals surface area contributed by atoms with Crippen LogP contribution in [0.4, 0.5) is 4.39 Å². The molecule has 1 aliphatic rings. The van der Waals surface area contributed by atoms with Gasteiger partial charge >= 0.3 is 0 Å². The predicted octanol–water partition coefficient (Wildman–Crippen LogP) is 1.92. The van der Waals surface area contributed by atoms with Crippen molar-refractivity contribution in [2.75, 3.05) is 13.1 Å². The summed E-state index contributed by atoms with van der Waals surface area (Å²) in [4.78, 5) is 2.10. The Kier molecular flexibility index (Phi) is 4.55. The van der Waals surface area contributed by atoms with E-state index in [4.69, 9.17) is 5.73 Å². The van der Waals surface area contributed by atoms with E-state index in [2.05, 4.69) is 4.90 Å². The van der Waals surface area contributed by atoms with Crippen LogP contribution in [-0.2, 0) is 0 Å². The Morgan fingerprint density at radius 3 is 2.68 bits per heavy atom. The number of aliphatic hydroxyl groups excluding tert-OH is 1. The van der Waals surface area contributed by atoms with E-state index in [-0.39, 0.29) is 24.0 Å². The molecular formula is C15H23FN2O. The third-order valence-corrected chi connectivity index (χ3v) is 4.07. The molecule has 0 aromatic heterocycles. The number of nitrogens with two attached hydrogens (primary N) is 1. The molecule has 1 fully saturated rings. The second kappa shape index (κ2) is 5.99. The van der Waals surface area contributed by atoms with Crippen molar-refractivity contribution in [3.05, 3.63) is 35.6 Å². The topological polar surface area (TPSA) is 49.5 Å². The molecule has 0 saturated carbocycles. The number of nitrogens with zero attached hydrogens (tertiary/aromatic N) is 1. The zero-order chi connectivity index (χ0) is 14.0. The number of aliphatic hydroxyl groups is 1. The van der Waals surface area contributed by atoms with E-state index in [1.807, 2.05) is 19.9 Å². The van der Waals surface area contributed by atoms with Gasteiger partial charge in [-0.05, 0) is 31.9 Å². The Hall–Kier alpha value is -0.970. The van der Waals surface area contributed by atoms with Gasteiger partial charge in [0.05, 0.1) is 12.1 Å². The van der Waals surface area contributed by atoms with Crippen LogP contribution in [0.15, 0.2) is 24.3 Å². The van der Waals surface area contributed by atoms with Gasteiger partial charge in [0.1, 0.15) is 5.82 Å². The summed E-state index contributed by atoms with van der Waals surface area (Å²) in [5.41, 5.74) is 6.68. The molecule has 3 nitrogen and oxygen atoms in total. The predicted molar refractivity (Wildman–Crippen MR) is 74.2 cm³/mol. The van der Waals surface area contributed by atoms with Crippen molar-refractivity contribution in [3.8, 4) is 0 Å². The standard InChI is InChI=1S/C15H23FN2O/c1-10-7-8-18(9-14(10)19)15(11(2)17)12-5-3-4-6-13(12)16/h3-6,10-11,14-15,19H,7-9,17H2,1-2H3. The van der Waals surface area contributed by atoms with Gasteiger partial charge in [0.2, 0.25) is 0 Å². The summed E-state index contributed by atoms with van der Waals surface area (Å²) in [6.45, 7) is 5.34. The highest BCUT2D eigenvalue weighted by atomic mass is 19.1. The molecule has 1 aromatic rings. The normalized spacial score (nSPS) is 28.1. The first-order valence-corrected chi connectivity index (χ1v) is 6.93. The Bertz CT molecular complexity index is 424. The van der Waals surface area contributed by atoms with Crippen molar-refractivity contribution >= 4 is 0 Å². The van der Waals surface area contributed by atoms with Gasteiger partial charge in [-0.1, -0.05) is 25.1 Å². The first-order chi connectivity index (χ1) is 9.00. The van der Waals surface area contributed by atoms with Crippen molar-refractivity contribution in [2.24, 2.45) is 11.7 Å². The molecule has 1 heterocycles. The minimum atomic E-state index is -0.359. The van der Waals surface area contributed by atoms with E-state index in [0.717, 1.165) is 13.0 Å². The zero-order valence-corrected chi connectivity index (χ0v) is 11.6. The van der Waals surface area contributed by atoms with Crippen LogP contribution in [0.2, 0.25) is 0 Å². The van der Waals surface area contributed by atoms with Crippen LogP contribution in [0.5, 0.6) is 0 Å². The smallest absolute Gasteiger partial charge is 0.128 e. The first-order valence-electron chi connectivity index (χ1n) is 6.93.